The van der Waals surface area contributed by atoms with Gasteiger partial charge in [0.2, 0.25) is 0 Å². The second-order valence-electron chi connectivity index (χ2n) is 4.15. The first kappa shape index (κ1) is 10.0. The summed E-state index contributed by atoms with van der Waals surface area (Å²) in [4.78, 5) is 2.47. The van der Waals surface area contributed by atoms with E-state index in [-0.39, 0.29) is 0 Å². The lowest BCUT2D eigenvalue weighted by Crippen LogP contribution is -2.51. The molecule has 72 valence electrons. The van der Waals surface area contributed by atoms with E-state index in [1.807, 2.05) is 0 Å². The number of hydrogen-bond acceptors (Lipinski definition) is 2. The van der Waals surface area contributed by atoms with Gasteiger partial charge in [0, 0.05) is 20.2 Å². The Kier molecular flexibility index (Phi) is 4.02. The summed E-state index contributed by atoms with van der Waals surface area (Å²) in [6.07, 6.45) is 3.21. The minimum absolute atomic E-state index is 0.518. The Morgan fingerprint density at radius 1 is 1.42 bits per heavy atom. The summed E-state index contributed by atoms with van der Waals surface area (Å²) in [6, 6.07) is 0. The van der Waals surface area contributed by atoms with Gasteiger partial charge in [0.05, 0.1) is 6.10 Å². The molecule has 0 N–H and O–H groups in total. The molecule has 1 rings (SSSR count). The zero-order chi connectivity index (χ0) is 8.97. The average molecular weight is 171 g/mol. The lowest BCUT2D eigenvalue weighted by atomic mass is 10.1. The highest BCUT2D eigenvalue weighted by molar-refractivity contribution is 4.79. The summed E-state index contributed by atoms with van der Waals surface area (Å²) in [6.45, 7) is 8.13. The van der Waals surface area contributed by atoms with Gasteiger partial charge in [-0.3, -0.25) is 4.90 Å². The monoisotopic (exact) mass is 171 g/mol. The lowest BCUT2D eigenvalue weighted by Gasteiger charge is -2.38. The zero-order valence-corrected chi connectivity index (χ0v) is 8.55. The molecule has 0 atom stereocenters. The molecule has 1 aliphatic rings. The number of hydrogen-bond donors (Lipinski definition) is 0. The van der Waals surface area contributed by atoms with Gasteiger partial charge < -0.3 is 4.74 Å². The molecular formula is C10H21NO. The Morgan fingerprint density at radius 3 is 2.58 bits per heavy atom. The normalized spacial score (nSPS) is 20.0. The maximum Gasteiger partial charge on any atom is 0.0824 e. The van der Waals surface area contributed by atoms with Gasteiger partial charge >= 0.3 is 0 Å². The van der Waals surface area contributed by atoms with Gasteiger partial charge in [0.15, 0.2) is 0 Å². The van der Waals surface area contributed by atoms with Gasteiger partial charge in [-0.15, -0.1) is 0 Å². The van der Waals surface area contributed by atoms with E-state index >= 15 is 0 Å². The highest BCUT2D eigenvalue weighted by atomic mass is 16.5. The van der Waals surface area contributed by atoms with E-state index in [9.17, 15) is 0 Å². The van der Waals surface area contributed by atoms with E-state index in [1.54, 1.807) is 7.11 Å². The Balaban J connectivity index is 1.90. The first-order valence-corrected chi connectivity index (χ1v) is 4.97. The zero-order valence-electron chi connectivity index (χ0n) is 8.55. The molecule has 1 aliphatic heterocycles. The Hall–Kier alpha value is -0.0800. The summed E-state index contributed by atoms with van der Waals surface area (Å²) in [5, 5.41) is 0. The molecule has 0 bridgehead atoms. The molecule has 0 aromatic carbocycles. The first-order chi connectivity index (χ1) is 5.72. The van der Waals surface area contributed by atoms with Gasteiger partial charge in [-0.1, -0.05) is 13.8 Å². The van der Waals surface area contributed by atoms with Crippen LogP contribution in [-0.4, -0.2) is 37.7 Å². The van der Waals surface area contributed by atoms with Crippen molar-refractivity contribution in [3.63, 3.8) is 0 Å². The minimum Gasteiger partial charge on any atom is -0.379 e. The molecule has 1 fully saturated rings. The van der Waals surface area contributed by atoms with Crippen LogP contribution < -0.4 is 0 Å². The van der Waals surface area contributed by atoms with E-state index in [4.69, 9.17) is 4.74 Å². The van der Waals surface area contributed by atoms with Gasteiger partial charge in [-0.05, 0) is 25.3 Å². The summed E-state index contributed by atoms with van der Waals surface area (Å²) in [5.74, 6) is 0.851. The van der Waals surface area contributed by atoms with Gasteiger partial charge in [0.25, 0.3) is 0 Å². The fourth-order valence-electron chi connectivity index (χ4n) is 1.58. The number of nitrogens with zero attached hydrogens (tertiary/aromatic N) is 1. The van der Waals surface area contributed by atoms with Crippen LogP contribution in [0, 0.1) is 5.92 Å². The highest BCUT2D eigenvalue weighted by Gasteiger charge is 2.25. The maximum absolute atomic E-state index is 5.20. The molecule has 12 heavy (non-hydrogen) atoms. The van der Waals surface area contributed by atoms with Crippen LogP contribution in [0.4, 0.5) is 0 Å². The van der Waals surface area contributed by atoms with Crippen molar-refractivity contribution in [2.24, 2.45) is 5.92 Å². The van der Waals surface area contributed by atoms with Crippen molar-refractivity contribution in [2.75, 3.05) is 26.7 Å². The quantitative estimate of drug-likeness (QED) is 0.625. The molecule has 0 aromatic rings. The molecule has 0 spiro atoms. The topological polar surface area (TPSA) is 12.5 Å². The van der Waals surface area contributed by atoms with E-state index in [2.05, 4.69) is 18.7 Å². The fraction of sp³-hybridized carbons (Fsp3) is 1.00. The van der Waals surface area contributed by atoms with E-state index < -0.39 is 0 Å². The van der Waals surface area contributed by atoms with E-state index in [0.29, 0.717) is 6.10 Å². The van der Waals surface area contributed by atoms with Crippen molar-refractivity contribution in [1.82, 2.24) is 4.90 Å². The molecular weight excluding hydrogens is 150 g/mol. The third-order valence-electron chi connectivity index (χ3n) is 2.51. The number of likely N-dealkylation sites (tertiary alicyclic amines) is 1. The van der Waals surface area contributed by atoms with Crippen molar-refractivity contribution < 1.29 is 4.74 Å². The second kappa shape index (κ2) is 4.83. The fourth-order valence-corrected chi connectivity index (χ4v) is 1.58. The van der Waals surface area contributed by atoms with Crippen LogP contribution in [0.25, 0.3) is 0 Å². The van der Waals surface area contributed by atoms with Crippen LogP contribution in [0.3, 0.4) is 0 Å². The predicted octanol–water partition coefficient (Wildman–Crippen LogP) is 1.75. The van der Waals surface area contributed by atoms with Crippen LogP contribution in [0.2, 0.25) is 0 Å². The predicted molar refractivity (Wildman–Crippen MR) is 51.3 cm³/mol. The van der Waals surface area contributed by atoms with Crippen LogP contribution in [0.15, 0.2) is 0 Å². The molecule has 0 unspecified atom stereocenters. The molecule has 0 saturated carbocycles. The summed E-state index contributed by atoms with van der Waals surface area (Å²) >= 11 is 0. The SMILES string of the molecule is COC1CN(CCCC(C)C)C1. The summed E-state index contributed by atoms with van der Waals surface area (Å²) < 4.78 is 5.20. The smallest absolute Gasteiger partial charge is 0.0824 e. The average Bonchev–Trinajstić information content (AvgIpc) is 1.93. The number of ether oxygens (including phenoxy) is 1. The molecule has 2 nitrogen and oxygen atoms in total. The Labute approximate surface area is 75.9 Å². The molecule has 0 radical (unpaired) electrons. The van der Waals surface area contributed by atoms with E-state index in [1.165, 1.54) is 19.4 Å². The number of methoxy groups -OCH3 is 1. The number of rotatable bonds is 5. The third kappa shape index (κ3) is 3.11. The highest BCUT2D eigenvalue weighted by Crippen LogP contribution is 2.12. The molecule has 1 heterocycles. The lowest BCUT2D eigenvalue weighted by molar-refractivity contribution is -0.0299. The maximum atomic E-state index is 5.20. The van der Waals surface area contributed by atoms with Crippen LogP contribution in [0.5, 0.6) is 0 Å². The molecule has 1 saturated heterocycles. The third-order valence-corrected chi connectivity index (χ3v) is 2.51. The van der Waals surface area contributed by atoms with Crippen LogP contribution in [0.1, 0.15) is 26.7 Å². The molecule has 0 aliphatic carbocycles. The second-order valence-corrected chi connectivity index (χ2v) is 4.15. The van der Waals surface area contributed by atoms with Crippen molar-refractivity contribution in [3.05, 3.63) is 0 Å². The largest absolute Gasteiger partial charge is 0.379 e. The summed E-state index contributed by atoms with van der Waals surface area (Å²) in [5.41, 5.74) is 0. The van der Waals surface area contributed by atoms with Gasteiger partial charge in [-0.2, -0.15) is 0 Å². The van der Waals surface area contributed by atoms with Crippen molar-refractivity contribution in [3.8, 4) is 0 Å². The van der Waals surface area contributed by atoms with Crippen LogP contribution in [-0.2, 0) is 4.74 Å². The molecule has 0 aromatic heterocycles. The minimum atomic E-state index is 0.518. The van der Waals surface area contributed by atoms with Crippen molar-refractivity contribution in [2.45, 2.75) is 32.8 Å². The first-order valence-electron chi connectivity index (χ1n) is 4.97. The van der Waals surface area contributed by atoms with Gasteiger partial charge in [-0.25, -0.2) is 0 Å². The standard InChI is InChI=1S/C10H21NO/c1-9(2)5-4-6-11-7-10(8-11)12-3/h9-10H,4-8H2,1-3H3. The van der Waals surface area contributed by atoms with Gasteiger partial charge in [0.1, 0.15) is 0 Å². The van der Waals surface area contributed by atoms with Crippen LogP contribution >= 0.6 is 0 Å². The summed E-state index contributed by atoms with van der Waals surface area (Å²) in [7, 11) is 1.80. The molecule has 0 amide bonds. The Bertz CT molecular complexity index is 119. The molecule has 2 heteroatoms. The van der Waals surface area contributed by atoms with Crippen molar-refractivity contribution in [1.29, 1.82) is 0 Å². The van der Waals surface area contributed by atoms with Crippen molar-refractivity contribution >= 4 is 0 Å². The van der Waals surface area contributed by atoms with E-state index in [0.717, 1.165) is 19.0 Å². The Morgan fingerprint density at radius 2 is 2.08 bits per heavy atom.